The van der Waals surface area contributed by atoms with Gasteiger partial charge in [0, 0.05) is 5.56 Å². The van der Waals surface area contributed by atoms with Gasteiger partial charge >= 0.3 is 0 Å². The van der Waals surface area contributed by atoms with Crippen molar-refractivity contribution < 1.29 is 8.78 Å². The van der Waals surface area contributed by atoms with E-state index in [1.807, 2.05) is 12.2 Å². The lowest BCUT2D eigenvalue weighted by Gasteiger charge is -2.20. The molecule has 25 heavy (non-hydrogen) atoms. The summed E-state index contributed by atoms with van der Waals surface area (Å²) in [5, 5.41) is 0. The second kappa shape index (κ2) is 10.5. The van der Waals surface area contributed by atoms with E-state index >= 15 is 0 Å². The van der Waals surface area contributed by atoms with Crippen molar-refractivity contribution in [2.75, 3.05) is 0 Å². The zero-order chi connectivity index (χ0) is 18.1. The van der Waals surface area contributed by atoms with E-state index in [9.17, 15) is 8.78 Å². The molecule has 0 heterocycles. The molecule has 1 aromatic rings. The second-order valence-corrected chi connectivity index (χ2v) is 7.27. The minimum atomic E-state index is -0.663. The summed E-state index contributed by atoms with van der Waals surface area (Å²) in [6, 6.07) is 3.56. The molecule has 0 nitrogen and oxygen atoms in total. The fraction of sp³-hybridized carbons (Fsp3) is 0.565. The zero-order valence-electron chi connectivity index (χ0n) is 15.6. The maximum Gasteiger partial charge on any atom is 0.166 e. The number of hydrogen-bond acceptors (Lipinski definition) is 0. The largest absolute Gasteiger partial charge is 0.203 e. The van der Waals surface area contributed by atoms with Crippen LogP contribution in [0.3, 0.4) is 0 Å². The van der Waals surface area contributed by atoms with Gasteiger partial charge in [0.1, 0.15) is 0 Å². The van der Waals surface area contributed by atoms with Crippen molar-refractivity contribution in [1.82, 2.24) is 0 Å². The summed E-state index contributed by atoms with van der Waals surface area (Å²) in [5.41, 5.74) is 1.91. The standard InChI is InChI=1S/C23H32F2/c1-3-5-6-7-8-9-10-11-20-16-17-21(23(25)22(20)24)19-14-12-18(4-2)13-15-19/h4,14,16-18H,2-3,5-13,15H2,1H3. The molecular formula is C23H32F2. The molecule has 1 aliphatic carbocycles. The Morgan fingerprint density at radius 1 is 1.04 bits per heavy atom. The lowest BCUT2D eigenvalue weighted by atomic mass is 9.86. The average Bonchev–Trinajstić information content (AvgIpc) is 2.64. The highest BCUT2D eigenvalue weighted by Crippen LogP contribution is 2.33. The van der Waals surface area contributed by atoms with Gasteiger partial charge in [-0.25, -0.2) is 8.78 Å². The number of rotatable bonds is 10. The molecule has 1 atom stereocenters. The van der Waals surface area contributed by atoms with Gasteiger partial charge in [-0.05, 0) is 49.2 Å². The summed E-state index contributed by atoms with van der Waals surface area (Å²) in [5.74, 6) is -0.841. The van der Waals surface area contributed by atoms with Gasteiger partial charge in [-0.1, -0.05) is 69.7 Å². The van der Waals surface area contributed by atoms with Crippen molar-refractivity contribution in [3.05, 3.63) is 53.6 Å². The van der Waals surface area contributed by atoms with Gasteiger partial charge in [0.2, 0.25) is 0 Å². The zero-order valence-corrected chi connectivity index (χ0v) is 15.6. The van der Waals surface area contributed by atoms with Gasteiger partial charge in [-0.15, -0.1) is 6.58 Å². The van der Waals surface area contributed by atoms with Crippen molar-refractivity contribution in [2.45, 2.75) is 77.6 Å². The molecule has 0 spiro atoms. The van der Waals surface area contributed by atoms with Gasteiger partial charge in [-0.2, -0.15) is 0 Å². The van der Waals surface area contributed by atoms with Crippen LogP contribution in [0, 0.1) is 17.6 Å². The molecular weight excluding hydrogens is 314 g/mol. The van der Waals surface area contributed by atoms with Crippen molar-refractivity contribution in [3.63, 3.8) is 0 Å². The summed E-state index contributed by atoms with van der Waals surface area (Å²) in [6.45, 7) is 6.03. The maximum absolute atomic E-state index is 14.5. The molecule has 0 saturated heterocycles. The van der Waals surface area contributed by atoms with E-state index in [1.165, 1.54) is 32.1 Å². The van der Waals surface area contributed by atoms with Crippen LogP contribution < -0.4 is 0 Å². The van der Waals surface area contributed by atoms with Crippen LogP contribution in [0.4, 0.5) is 8.78 Å². The molecule has 0 aliphatic heterocycles. The van der Waals surface area contributed by atoms with E-state index < -0.39 is 11.6 Å². The van der Waals surface area contributed by atoms with Crippen molar-refractivity contribution >= 4 is 5.57 Å². The third-order valence-corrected chi connectivity index (χ3v) is 5.34. The first-order valence-corrected chi connectivity index (χ1v) is 9.96. The smallest absolute Gasteiger partial charge is 0.166 e. The van der Waals surface area contributed by atoms with E-state index in [0.29, 0.717) is 23.5 Å². The van der Waals surface area contributed by atoms with E-state index in [1.54, 1.807) is 12.1 Å². The summed E-state index contributed by atoms with van der Waals surface area (Å²) >= 11 is 0. The van der Waals surface area contributed by atoms with Gasteiger partial charge < -0.3 is 0 Å². The Morgan fingerprint density at radius 2 is 1.76 bits per heavy atom. The predicted molar refractivity (Wildman–Crippen MR) is 104 cm³/mol. The quantitative estimate of drug-likeness (QED) is 0.302. The van der Waals surface area contributed by atoms with Gasteiger partial charge in [0.05, 0.1) is 0 Å². The highest BCUT2D eigenvalue weighted by Gasteiger charge is 2.19. The first-order valence-electron chi connectivity index (χ1n) is 9.96. The summed E-state index contributed by atoms with van der Waals surface area (Å²) < 4.78 is 28.9. The highest BCUT2D eigenvalue weighted by molar-refractivity contribution is 5.67. The molecule has 0 aromatic heterocycles. The normalized spacial score (nSPS) is 17.4. The van der Waals surface area contributed by atoms with Gasteiger partial charge in [-0.3, -0.25) is 0 Å². The molecule has 0 amide bonds. The summed E-state index contributed by atoms with van der Waals surface area (Å²) in [6.07, 6.45) is 15.6. The van der Waals surface area contributed by atoms with Crippen molar-refractivity contribution in [3.8, 4) is 0 Å². The Bertz CT molecular complexity index is 586. The number of allylic oxidation sites excluding steroid dienone is 3. The Balaban J connectivity index is 1.89. The number of benzene rings is 1. The van der Waals surface area contributed by atoms with Crippen LogP contribution in [0.1, 0.15) is 82.3 Å². The lowest BCUT2D eigenvalue weighted by Crippen LogP contribution is -2.05. The predicted octanol–water partition coefficient (Wildman–Crippen LogP) is 7.63. The minimum absolute atomic E-state index is 0.448. The Kier molecular flexibility index (Phi) is 8.37. The van der Waals surface area contributed by atoms with E-state index in [0.717, 1.165) is 37.7 Å². The van der Waals surface area contributed by atoms with E-state index in [4.69, 9.17) is 0 Å². The molecule has 0 bridgehead atoms. The molecule has 138 valence electrons. The molecule has 0 fully saturated rings. The third-order valence-electron chi connectivity index (χ3n) is 5.34. The minimum Gasteiger partial charge on any atom is -0.203 e. The van der Waals surface area contributed by atoms with Crippen LogP contribution in [0.2, 0.25) is 0 Å². The van der Waals surface area contributed by atoms with Crippen LogP contribution in [0.25, 0.3) is 5.57 Å². The number of halogens is 2. The first kappa shape index (κ1) is 19.9. The molecule has 2 rings (SSSR count). The number of aryl methyl sites for hydroxylation is 1. The first-order chi connectivity index (χ1) is 12.2. The van der Waals surface area contributed by atoms with Crippen molar-refractivity contribution in [1.29, 1.82) is 0 Å². The Hall–Kier alpha value is -1.44. The third kappa shape index (κ3) is 5.80. The highest BCUT2D eigenvalue weighted by atomic mass is 19.2. The lowest BCUT2D eigenvalue weighted by molar-refractivity contribution is 0.491. The van der Waals surface area contributed by atoms with Crippen LogP contribution >= 0.6 is 0 Å². The molecule has 1 aromatic carbocycles. The molecule has 1 unspecified atom stereocenters. The average molecular weight is 347 g/mol. The van der Waals surface area contributed by atoms with Crippen LogP contribution in [0.5, 0.6) is 0 Å². The molecule has 0 radical (unpaired) electrons. The van der Waals surface area contributed by atoms with Crippen LogP contribution in [0.15, 0.2) is 30.9 Å². The molecule has 0 saturated carbocycles. The summed E-state index contributed by atoms with van der Waals surface area (Å²) in [4.78, 5) is 0. The van der Waals surface area contributed by atoms with Crippen molar-refractivity contribution in [2.24, 2.45) is 5.92 Å². The fourth-order valence-corrected chi connectivity index (χ4v) is 3.62. The van der Waals surface area contributed by atoms with E-state index in [-0.39, 0.29) is 0 Å². The molecule has 2 heteroatoms. The molecule has 0 N–H and O–H groups in total. The topological polar surface area (TPSA) is 0 Å². The fourth-order valence-electron chi connectivity index (χ4n) is 3.62. The second-order valence-electron chi connectivity index (χ2n) is 7.27. The molecule has 1 aliphatic rings. The van der Waals surface area contributed by atoms with Crippen LogP contribution in [-0.4, -0.2) is 0 Å². The summed E-state index contributed by atoms with van der Waals surface area (Å²) in [7, 11) is 0. The monoisotopic (exact) mass is 346 g/mol. The van der Waals surface area contributed by atoms with Gasteiger partial charge in [0.15, 0.2) is 11.6 Å². The SMILES string of the molecule is C=CC1CC=C(c2ccc(CCCCCCCCC)c(F)c2F)CC1. The van der Waals surface area contributed by atoms with E-state index in [2.05, 4.69) is 13.5 Å². The number of hydrogen-bond donors (Lipinski definition) is 0. The van der Waals surface area contributed by atoms with Crippen LogP contribution in [-0.2, 0) is 6.42 Å². The Labute approximate surface area is 152 Å². The number of unbranched alkanes of at least 4 members (excludes halogenated alkanes) is 6. The maximum atomic E-state index is 14.5. The van der Waals surface area contributed by atoms with Gasteiger partial charge in [0.25, 0.3) is 0 Å². The Morgan fingerprint density at radius 3 is 2.40 bits per heavy atom.